The predicted molar refractivity (Wildman–Crippen MR) is 104 cm³/mol. The van der Waals surface area contributed by atoms with Crippen molar-refractivity contribution in [3.63, 3.8) is 0 Å². The van der Waals surface area contributed by atoms with Crippen molar-refractivity contribution in [1.29, 1.82) is 0 Å². The van der Waals surface area contributed by atoms with Crippen molar-refractivity contribution in [2.45, 2.75) is 40.0 Å². The van der Waals surface area contributed by atoms with Gasteiger partial charge in [0.25, 0.3) is 0 Å². The normalized spacial score (nSPS) is 32.8. The van der Waals surface area contributed by atoms with E-state index in [-0.39, 0.29) is 5.41 Å². The molecule has 2 atom stereocenters. The number of hydrogen-bond donors (Lipinski definition) is 0. The molecule has 1 heterocycles. The van der Waals surface area contributed by atoms with Gasteiger partial charge in [-0.3, -0.25) is 0 Å². The Labute approximate surface area is 151 Å². The first-order chi connectivity index (χ1) is 12.0. The summed E-state index contributed by atoms with van der Waals surface area (Å²) in [6.07, 6.45) is 5.61. The minimum absolute atomic E-state index is 0.231. The summed E-state index contributed by atoms with van der Waals surface area (Å²) in [5, 5.41) is 9.06. The Morgan fingerprint density at radius 2 is 1.84 bits per heavy atom. The molecule has 2 saturated carbocycles. The number of hydrogen-bond acceptors (Lipinski definition) is 4. The maximum Gasteiger partial charge on any atom is 0.0642 e. The summed E-state index contributed by atoms with van der Waals surface area (Å²) in [6, 6.07) is 8.59. The highest BCUT2D eigenvalue weighted by Crippen LogP contribution is 2.63. The molecule has 0 N–H and O–H groups in total. The average Bonchev–Trinajstić information content (AvgIpc) is 2.96. The second-order valence-corrected chi connectivity index (χ2v) is 8.48. The molecule has 3 aliphatic rings. The third kappa shape index (κ3) is 2.80. The lowest BCUT2D eigenvalue weighted by Crippen LogP contribution is -2.36. The molecule has 1 aliphatic heterocycles. The molecule has 0 spiro atoms. The molecule has 134 valence electrons. The van der Waals surface area contributed by atoms with Gasteiger partial charge in [0.15, 0.2) is 0 Å². The van der Waals surface area contributed by atoms with E-state index in [0.29, 0.717) is 5.41 Å². The van der Waals surface area contributed by atoms with Crippen molar-refractivity contribution < 1.29 is 4.74 Å². The van der Waals surface area contributed by atoms with Crippen molar-refractivity contribution in [3.8, 4) is 0 Å². The molecule has 0 aromatic heterocycles. The number of nitrogens with zero attached hydrogens (tertiary/aromatic N) is 3. The van der Waals surface area contributed by atoms with Crippen molar-refractivity contribution in [1.82, 2.24) is 0 Å². The first-order valence-corrected chi connectivity index (χ1v) is 9.54. The molecule has 25 heavy (non-hydrogen) atoms. The van der Waals surface area contributed by atoms with Gasteiger partial charge in [-0.25, -0.2) is 0 Å². The quantitative estimate of drug-likeness (QED) is 0.613. The molecule has 2 unspecified atom stereocenters. The van der Waals surface area contributed by atoms with Crippen LogP contribution in [0.15, 0.2) is 34.5 Å². The SMILES string of the molecule is CC12CCC(CC1=N/N=C/c1ccc(N3CCOCC3)cc1)C2(C)C. The van der Waals surface area contributed by atoms with Crippen LogP contribution in [0.4, 0.5) is 5.69 Å². The first kappa shape index (κ1) is 16.8. The van der Waals surface area contributed by atoms with Gasteiger partial charge in [-0.15, -0.1) is 0 Å². The molecule has 2 bridgehead atoms. The summed E-state index contributed by atoms with van der Waals surface area (Å²) >= 11 is 0. The monoisotopic (exact) mass is 339 g/mol. The molecule has 1 aromatic carbocycles. The number of ether oxygens (including phenoxy) is 1. The fourth-order valence-corrected chi connectivity index (χ4v) is 4.84. The van der Waals surface area contributed by atoms with Gasteiger partial charge in [0.1, 0.15) is 0 Å². The Kier molecular flexibility index (Phi) is 4.19. The van der Waals surface area contributed by atoms with E-state index < -0.39 is 0 Å². The van der Waals surface area contributed by atoms with Crippen LogP contribution in [-0.2, 0) is 4.74 Å². The van der Waals surface area contributed by atoms with Crippen molar-refractivity contribution in [3.05, 3.63) is 29.8 Å². The van der Waals surface area contributed by atoms with E-state index in [4.69, 9.17) is 4.74 Å². The van der Waals surface area contributed by atoms with Crippen molar-refractivity contribution in [2.24, 2.45) is 27.0 Å². The van der Waals surface area contributed by atoms with E-state index in [1.807, 2.05) is 6.21 Å². The lowest BCUT2D eigenvalue weighted by atomic mass is 9.70. The van der Waals surface area contributed by atoms with Crippen LogP contribution in [0.25, 0.3) is 0 Å². The van der Waals surface area contributed by atoms with Crippen LogP contribution in [0, 0.1) is 16.7 Å². The summed E-state index contributed by atoms with van der Waals surface area (Å²) in [5.41, 5.74) is 4.26. The van der Waals surface area contributed by atoms with E-state index in [1.165, 1.54) is 24.2 Å². The largest absolute Gasteiger partial charge is 0.378 e. The summed E-state index contributed by atoms with van der Waals surface area (Å²) < 4.78 is 5.41. The Balaban J connectivity index is 1.44. The molecule has 3 fully saturated rings. The third-order valence-corrected chi connectivity index (χ3v) is 7.17. The van der Waals surface area contributed by atoms with Crippen molar-refractivity contribution >= 4 is 17.6 Å². The number of benzene rings is 1. The molecular formula is C21H29N3O. The maximum absolute atomic E-state index is 5.41. The summed E-state index contributed by atoms with van der Waals surface area (Å²) in [7, 11) is 0. The van der Waals surface area contributed by atoms with Gasteiger partial charge in [-0.2, -0.15) is 10.2 Å². The van der Waals surface area contributed by atoms with Crippen LogP contribution in [0.5, 0.6) is 0 Å². The van der Waals surface area contributed by atoms with Crippen LogP contribution < -0.4 is 4.90 Å². The topological polar surface area (TPSA) is 37.2 Å². The molecule has 4 heteroatoms. The zero-order chi connectivity index (χ0) is 17.5. The van der Waals surface area contributed by atoms with Gasteiger partial charge in [-0.1, -0.05) is 32.9 Å². The molecule has 1 aromatic rings. The highest BCUT2D eigenvalue weighted by atomic mass is 16.5. The Hall–Kier alpha value is -1.68. The Bertz CT molecular complexity index is 686. The van der Waals surface area contributed by atoms with E-state index in [9.17, 15) is 0 Å². The average molecular weight is 339 g/mol. The Morgan fingerprint density at radius 3 is 2.44 bits per heavy atom. The second kappa shape index (κ2) is 6.24. The van der Waals surface area contributed by atoms with E-state index in [1.54, 1.807) is 0 Å². The number of morpholine rings is 1. The lowest BCUT2D eigenvalue weighted by Gasteiger charge is -2.34. The minimum atomic E-state index is 0.231. The minimum Gasteiger partial charge on any atom is -0.378 e. The number of anilines is 1. The van der Waals surface area contributed by atoms with Crippen LogP contribution in [0.2, 0.25) is 0 Å². The predicted octanol–water partition coefficient (Wildman–Crippen LogP) is 4.14. The summed E-state index contributed by atoms with van der Waals surface area (Å²) in [5.74, 6) is 0.777. The fourth-order valence-electron chi connectivity index (χ4n) is 4.84. The first-order valence-electron chi connectivity index (χ1n) is 9.54. The zero-order valence-electron chi connectivity index (χ0n) is 15.7. The molecule has 1 saturated heterocycles. The standard InChI is InChI=1S/C21H29N3O/c1-20(2)17-8-9-21(20,3)19(14-17)23-22-15-16-4-6-18(7-5-16)24-10-12-25-13-11-24/h4-7,15,17H,8-14H2,1-3H3/b22-15+,23-19?. The van der Waals surface area contributed by atoms with Gasteiger partial charge in [0, 0.05) is 29.9 Å². The van der Waals surface area contributed by atoms with E-state index in [0.717, 1.165) is 44.2 Å². The lowest BCUT2D eigenvalue weighted by molar-refractivity contribution is 0.122. The van der Waals surface area contributed by atoms with Gasteiger partial charge in [0.05, 0.1) is 19.4 Å². The van der Waals surface area contributed by atoms with Gasteiger partial charge < -0.3 is 9.64 Å². The van der Waals surface area contributed by atoms with E-state index >= 15 is 0 Å². The fraction of sp³-hybridized carbons (Fsp3) is 0.619. The Morgan fingerprint density at radius 1 is 1.12 bits per heavy atom. The highest BCUT2D eigenvalue weighted by molar-refractivity contribution is 5.94. The van der Waals surface area contributed by atoms with E-state index in [2.05, 4.69) is 60.1 Å². The van der Waals surface area contributed by atoms with Gasteiger partial charge in [0.2, 0.25) is 0 Å². The van der Waals surface area contributed by atoms with Crippen LogP contribution in [0.1, 0.15) is 45.6 Å². The molecule has 2 aliphatic carbocycles. The highest BCUT2D eigenvalue weighted by Gasteiger charge is 2.59. The van der Waals surface area contributed by atoms with Gasteiger partial charge in [-0.05, 0) is 48.3 Å². The molecule has 4 nitrogen and oxygen atoms in total. The summed E-state index contributed by atoms with van der Waals surface area (Å²) in [4.78, 5) is 2.36. The third-order valence-electron chi connectivity index (χ3n) is 7.17. The second-order valence-electron chi connectivity index (χ2n) is 8.48. The van der Waals surface area contributed by atoms with Crippen molar-refractivity contribution in [2.75, 3.05) is 31.2 Å². The smallest absolute Gasteiger partial charge is 0.0642 e. The number of fused-ring (bicyclic) bond motifs is 2. The van der Waals surface area contributed by atoms with Gasteiger partial charge >= 0.3 is 0 Å². The van der Waals surface area contributed by atoms with Crippen LogP contribution >= 0.6 is 0 Å². The molecule has 0 radical (unpaired) electrons. The van der Waals surface area contributed by atoms with Crippen LogP contribution in [0.3, 0.4) is 0 Å². The zero-order valence-corrected chi connectivity index (χ0v) is 15.7. The summed E-state index contributed by atoms with van der Waals surface area (Å²) in [6.45, 7) is 10.8. The molecule has 0 amide bonds. The number of rotatable bonds is 3. The maximum atomic E-state index is 5.41. The molecular weight excluding hydrogens is 310 g/mol. The van der Waals surface area contributed by atoms with Crippen LogP contribution in [-0.4, -0.2) is 38.2 Å². The molecule has 4 rings (SSSR count).